The number of carbonyl (C=O) groups is 1. The van der Waals surface area contributed by atoms with E-state index < -0.39 is 26.4 Å². The second-order valence-electron chi connectivity index (χ2n) is 5.02. The van der Waals surface area contributed by atoms with E-state index in [0.717, 1.165) is 30.0 Å². The number of nitro groups is 1. The summed E-state index contributed by atoms with van der Waals surface area (Å²) < 4.78 is 23.3. The average Bonchev–Trinajstić information content (AvgIpc) is 2.42. The number of likely N-dealkylation sites (N-methyl/N-ethyl adjacent to an activating group) is 1. The number of carbonyl (C=O) groups excluding carboxylic acids is 1. The van der Waals surface area contributed by atoms with Crippen LogP contribution in [0.4, 0.5) is 5.69 Å². The van der Waals surface area contributed by atoms with Crippen LogP contribution in [0.1, 0.15) is 24.2 Å². The van der Waals surface area contributed by atoms with E-state index in [9.17, 15) is 23.3 Å². The highest BCUT2D eigenvalue weighted by atomic mass is 32.2. The van der Waals surface area contributed by atoms with Crippen molar-refractivity contribution in [2.75, 3.05) is 19.3 Å². The third-order valence-electron chi connectivity index (χ3n) is 2.91. The SMILES string of the molecule is C=C(C)CN(CC)C(=O)c1cc([N+](=O)[O-])cc(S(C)(=O)=O)c1. The third-order valence-corrected chi connectivity index (χ3v) is 4.00. The van der Waals surface area contributed by atoms with Gasteiger partial charge >= 0.3 is 0 Å². The first-order valence-electron chi connectivity index (χ1n) is 6.49. The van der Waals surface area contributed by atoms with Gasteiger partial charge in [0.2, 0.25) is 0 Å². The molecular weight excluding hydrogens is 308 g/mol. The minimum atomic E-state index is -3.66. The van der Waals surface area contributed by atoms with Crippen molar-refractivity contribution < 1.29 is 18.1 Å². The number of non-ortho nitro benzene ring substituents is 1. The van der Waals surface area contributed by atoms with Crippen LogP contribution >= 0.6 is 0 Å². The number of amides is 1. The molecule has 0 N–H and O–H groups in total. The summed E-state index contributed by atoms with van der Waals surface area (Å²) in [6.45, 7) is 7.91. The molecule has 1 aromatic carbocycles. The molecule has 0 atom stereocenters. The van der Waals surface area contributed by atoms with Gasteiger partial charge in [-0.15, -0.1) is 0 Å². The summed E-state index contributed by atoms with van der Waals surface area (Å²) in [7, 11) is -3.66. The molecule has 0 saturated heterocycles. The Bertz CT molecular complexity index is 725. The predicted molar refractivity (Wildman–Crippen MR) is 82.6 cm³/mol. The van der Waals surface area contributed by atoms with Gasteiger partial charge < -0.3 is 4.90 Å². The maximum atomic E-state index is 12.4. The molecule has 0 aliphatic carbocycles. The number of sulfone groups is 1. The highest BCUT2D eigenvalue weighted by Crippen LogP contribution is 2.22. The topological polar surface area (TPSA) is 97.6 Å². The van der Waals surface area contributed by atoms with E-state index in [4.69, 9.17) is 0 Å². The van der Waals surface area contributed by atoms with Gasteiger partial charge in [-0.3, -0.25) is 14.9 Å². The molecule has 0 aliphatic heterocycles. The Morgan fingerprint density at radius 1 is 1.36 bits per heavy atom. The largest absolute Gasteiger partial charge is 0.335 e. The monoisotopic (exact) mass is 326 g/mol. The van der Waals surface area contributed by atoms with Crippen LogP contribution in [0.15, 0.2) is 35.2 Å². The number of hydrogen-bond donors (Lipinski definition) is 0. The molecule has 0 spiro atoms. The lowest BCUT2D eigenvalue weighted by Gasteiger charge is -2.21. The molecule has 0 fully saturated rings. The lowest BCUT2D eigenvalue weighted by molar-refractivity contribution is -0.385. The molecule has 120 valence electrons. The average molecular weight is 326 g/mol. The Balaban J connectivity index is 3.39. The quantitative estimate of drug-likeness (QED) is 0.452. The highest BCUT2D eigenvalue weighted by molar-refractivity contribution is 7.90. The van der Waals surface area contributed by atoms with Gasteiger partial charge in [0, 0.05) is 37.0 Å². The smallest absolute Gasteiger partial charge is 0.271 e. The second-order valence-corrected chi connectivity index (χ2v) is 7.04. The number of hydrogen-bond acceptors (Lipinski definition) is 5. The van der Waals surface area contributed by atoms with Crippen LogP contribution in [0.2, 0.25) is 0 Å². The lowest BCUT2D eigenvalue weighted by atomic mass is 10.1. The molecule has 0 saturated carbocycles. The van der Waals surface area contributed by atoms with E-state index in [1.165, 1.54) is 4.90 Å². The van der Waals surface area contributed by atoms with E-state index >= 15 is 0 Å². The first-order chi connectivity index (χ1) is 10.1. The summed E-state index contributed by atoms with van der Waals surface area (Å²) >= 11 is 0. The van der Waals surface area contributed by atoms with Gasteiger partial charge in [-0.05, 0) is 19.9 Å². The Kier molecular flexibility index (Phi) is 5.43. The molecule has 7 nitrogen and oxygen atoms in total. The van der Waals surface area contributed by atoms with Crippen molar-refractivity contribution >= 4 is 21.4 Å². The fraction of sp³-hybridized carbons (Fsp3) is 0.357. The molecule has 0 radical (unpaired) electrons. The second kappa shape index (κ2) is 6.69. The molecule has 8 heteroatoms. The number of nitrogens with zero attached hydrogens (tertiary/aromatic N) is 2. The van der Waals surface area contributed by atoms with Gasteiger partial charge in [-0.25, -0.2) is 8.42 Å². The lowest BCUT2D eigenvalue weighted by Crippen LogP contribution is -2.32. The van der Waals surface area contributed by atoms with Crippen LogP contribution in [-0.4, -0.2) is 43.5 Å². The minimum absolute atomic E-state index is 0.0299. The molecule has 0 heterocycles. The number of rotatable bonds is 6. The van der Waals surface area contributed by atoms with Crippen LogP contribution in [0.5, 0.6) is 0 Å². The molecule has 0 aliphatic rings. The van der Waals surface area contributed by atoms with Crippen LogP contribution in [0.25, 0.3) is 0 Å². The van der Waals surface area contributed by atoms with Crippen molar-refractivity contribution in [2.24, 2.45) is 0 Å². The van der Waals surface area contributed by atoms with E-state index in [1.54, 1.807) is 13.8 Å². The number of nitro benzene ring substituents is 1. The molecule has 1 aromatic rings. The molecule has 1 rings (SSSR count). The summed E-state index contributed by atoms with van der Waals surface area (Å²) in [5.41, 5.74) is 0.291. The predicted octanol–water partition coefficient (Wildman–Crippen LogP) is 2.04. The first-order valence-corrected chi connectivity index (χ1v) is 8.38. The van der Waals surface area contributed by atoms with Gasteiger partial charge in [0.05, 0.1) is 9.82 Å². The van der Waals surface area contributed by atoms with Gasteiger partial charge in [0.15, 0.2) is 9.84 Å². The summed E-state index contributed by atoms with van der Waals surface area (Å²) in [5.74, 6) is -0.473. The minimum Gasteiger partial charge on any atom is -0.335 e. The Hall–Kier alpha value is -2.22. The van der Waals surface area contributed by atoms with Crippen molar-refractivity contribution in [3.05, 3.63) is 46.0 Å². The van der Waals surface area contributed by atoms with E-state index in [-0.39, 0.29) is 10.5 Å². The Labute approximate surface area is 129 Å². The molecular formula is C14H18N2O5S. The summed E-state index contributed by atoms with van der Waals surface area (Å²) in [4.78, 5) is 23.8. The van der Waals surface area contributed by atoms with Gasteiger partial charge in [0.1, 0.15) is 0 Å². The summed E-state index contributed by atoms with van der Waals surface area (Å²) in [5, 5.41) is 10.9. The Morgan fingerprint density at radius 3 is 2.36 bits per heavy atom. The van der Waals surface area contributed by atoms with Crippen molar-refractivity contribution in [1.82, 2.24) is 4.90 Å². The van der Waals surface area contributed by atoms with Gasteiger partial charge in [-0.2, -0.15) is 0 Å². The highest BCUT2D eigenvalue weighted by Gasteiger charge is 2.21. The normalized spacial score (nSPS) is 11.0. The molecule has 0 bridgehead atoms. The van der Waals surface area contributed by atoms with Crippen molar-refractivity contribution in [1.29, 1.82) is 0 Å². The fourth-order valence-corrected chi connectivity index (χ4v) is 2.54. The van der Waals surface area contributed by atoms with Crippen LogP contribution in [0, 0.1) is 10.1 Å². The maximum absolute atomic E-state index is 12.4. The fourth-order valence-electron chi connectivity index (χ4n) is 1.86. The number of benzene rings is 1. The summed E-state index contributed by atoms with van der Waals surface area (Å²) in [6.07, 6.45) is 0.936. The van der Waals surface area contributed by atoms with Crippen LogP contribution in [0.3, 0.4) is 0 Å². The van der Waals surface area contributed by atoms with E-state index in [2.05, 4.69) is 6.58 Å². The molecule has 0 unspecified atom stereocenters. The van der Waals surface area contributed by atoms with Crippen molar-refractivity contribution in [3.8, 4) is 0 Å². The molecule has 0 aromatic heterocycles. The standard InChI is InChI=1S/C14H18N2O5S/c1-5-15(9-10(2)3)14(17)11-6-12(16(18)19)8-13(7-11)22(4,20)21/h6-8H,2,5,9H2,1,3-4H3. The van der Waals surface area contributed by atoms with E-state index in [1.807, 2.05) is 0 Å². The van der Waals surface area contributed by atoms with Crippen molar-refractivity contribution in [2.45, 2.75) is 18.7 Å². The van der Waals surface area contributed by atoms with Crippen molar-refractivity contribution in [3.63, 3.8) is 0 Å². The molecule has 1 amide bonds. The van der Waals surface area contributed by atoms with Gasteiger partial charge in [-0.1, -0.05) is 12.2 Å². The zero-order valence-electron chi connectivity index (χ0n) is 12.7. The van der Waals surface area contributed by atoms with Crippen LogP contribution < -0.4 is 0 Å². The van der Waals surface area contributed by atoms with E-state index in [0.29, 0.717) is 13.1 Å². The third kappa shape index (κ3) is 4.39. The maximum Gasteiger partial charge on any atom is 0.271 e. The summed E-state index contributed by atoms with van der Waals surface area (Å²) in [6, 6.07) is 3.19. The zero-order chi connectivity index (χ0) is 17.1. The zero-order valence-corrected chi connectivity index (χ0v) is 13.5. The first kappa shape index (κ1) is 17.8. The Morgan fingerprint density at radius 2 is 1.95 bits per heavy atom. The van der Waals surface area contributed by atoms with Crippen LogP contribution in [-0.2, 0) is 9.84 Å². The van der Waals surface area contributed by atoms with Gasteiger partial charge in [0.25, 0.3) is 11.6 Å². The molecule has 22 heavy (non-hydrogen) atoms.